The Bertz CT molecular complexity index is 973. The summed E-state index contributed by atoms with van der Waals surface area (Å²) in [7, 11) is 0. The fraction of sp³-hybridized carbons (Fsp3) is 0.0833. The van der Waals surface area contributed by atoms with E-state index in [1.165, 1.54) is 0 Å². The number of ether oxygens (including phenoxy) is 1. The van der Waals surface area contributed by atoms with Gasteiger partial charge < -0.3 is 4.74 Å². The number of fused-ring (bicyclic) bond motifs is 1. The van der Waals surface area contributed by atoms with Crippen LogP contribution < -0.4 is 4.74 Å². The van der Waals surface area contributed by atoms with Crippen molar-refractivity contribution < 1.29 is 4.74 Å². The number of allylic oxidation sites excluding steroid dienone is 1. The molecule has 0 fully saturated rings. The Kier molecular flexibility index (Phi) is 4.11. The van der Waals surface area contributed by atoms with E-state index in [-0.39, 0.29) is 5.92 Å². The number of para-hydroxylation sites is 1. The summed E-state index contributed by atoms with van der Waals surface area (Å²) in [4.78, 5) is 0. The highest BCUT2D eigenvalue weighted by molar-refractivity contribution is 5.71. The maximum absolute atomic E-state index is 6.22. The van der Waals surface area contributed by atoms with Crippen molar-refractivity contribution in [1.29, 1.82) is 0 Å². The van der Waals surface area contributed by atoms with E-state index in [2.05, 4.69) is 37.0 Å². The van der Waals surface area contributed by atoms with E-state index in [0.717, 1.165) is 33.8 Å². The fourth-order valence-electron chi connectivity index (χ4n) is 3.11. The number of hydrogen-bond acceptors (Lipinski definition) is 1. The van der Waals surface area contributed by atoms with E-state index in [9.17, 15) is 0 Å². The Morgan fingerprint density at radius 1 is 0.760 bits per heavy atom. The Hall–Kier alpha value is -3.24. The van der Waals surface area contributed by atoms with Gasteiger partial charge in [-0.05, 0) is 30.7 Å². The van der Waals surface area contributed by atoms with Gasteiger partial charge in [0.15, 0.2) is 0 Å². The summed E-state index contributed by atoms with van der Waals surface area (Å²) in [5.74, 6) is 8.60. The van der Waals surface area contributed by atoms with Gasteiger partial charge in [-0.2, -0.15) is 0 Å². The minimum atomic E-state index is 0.0281. The monoisotopic (exact) mass is 322 g/mol. The zero-order valence-corrected chi connectivity index (χ0v) is 14.1. The van der Waals surface area contributed by atoms with Crippen LogP contribution in [-0.4, -0.2) is 0 Å². The molecule has 1 nitrogen and oxygen atoms in total. The quantitative estimate of drug-likeness (QED) is 0.526. The standard InChI is InChI=1S/C24H18O/c1-18-21(17-16-19-10-4-2-5-11-19)22-14-8-9-15-23(22)25-24(18)20-12-6-3-7-13-20/h2-15,21H,1H3/t21-/m0/s1. The molecule has 0 saturated heterocycles. The van der Waals surface area contributed by atoms with Gasteiger partial charge in [-0.25, -0.2) is 0 Å². The van der Waals surface area contributed by atoms with Crippen molar-refractivity contribution in [2.75, 3.05) is 0 Å². The minimum Gasteiger partial charge on any atom is -0.456 e. The lowest BCUT2D eigenvalue weighted by atomic mass is 9.87. The summed E-state index contributed by atoms with van der Waals surface area (Å²) in [6, 6.07) is 28.5. The van der Waals surface area contributed by atoms with Crippen LogP contribution in [0, 0.1) is 11.8 Å². The average Bonchev–Trinajstić information content (AvgIpc) is 2.68. The van der Waals surface area contributed by atoms with Crippen LogP contribution in [0.1, 0.15) is 29.5 Å². The minimum absolute atomic E-state index is 0.0281. The molecule has 0 bridgehead atoms. The third-order valence-corrected chi connectivity index (χ3v) is 4.40. The van der Waals surface area contributed by atoms with Crippen LogP contribution >= 0.6 is 0 Å². The van der Waals surface area contributed by atoms with Gasteiger partial charge in [-0.15, -0.1) is 0 Å². The fourth-order valence-corrected chi connectivity index (χ4v) is 3.11. The summed E-state index contributed by atoms with van der Waals surface area (Å²) in [6.45, 7) is 2.11. The Morgan fingerprint density at radius 3 is 2.16 bits per heavy atom. The third kappa shape index (κ3) is 3.07. The van der Waals surface area contributed by atoms with E-state index in [0.29, 0.717) is 0 Å². The van der Waals surface area contributed by atoms with E-state index in [1.54, 1.807) is 0 Å². The first-order valence-corrected chi connectivity index (χ1v) is 8.42. The van der Waals surface area contributed by atoms with Crippen molar-refractivity contribution in [2.45, 2.75) is 12.8 Å². The molecule has 1 aliphatic heterocycles. The molecule has 1 heteroatoms. The van der Waals surface area contributed by atoms with Crippen molar-refractivity contribution in [3.8, 4) is 17.6 Å². The Balaban J connectivity index is 1.82. The maximum atomic E-state index is 6.22. The van der Waals surface area contributed by atoms with Gasteiger partial charge in [0.25, 0.3) is 0 Å². The zero-order chi connectivity index (χ0) is 17.1. The van der Waals surface area contributed by atoms with Crippen LogP contribution in [0.15, 0.2) is 90.5 Å². The van der Waals surface area contributed by atoms with Gasteiger partial charge in [-0.3, -0.25) is 0 Å². The molecule has 3 aromatic carbocycles. The maximum Gasteiger partial charge on any atom is 0.135 e. The highest BCUT2D eigenvalue weighted by Crippen LogP contribution is 2.41. The van der Waals surface area contributed by atoms with Gasteiger partial charge in [0, 0.05) is 16.7 Å². The van der Waals surface area contributed by atoms with Gasteiger partial charge >= 0.3 is 0 Å². The topological polar surface area (TPSA) is 9.23 Å². The lowest BCUT2D eigenvalue weighted by Gasteiger charge is -2.26. The predicted octanol–water partition coefficient (Wildman–Crippen LogP) is 5.65. The first-order chi connectivity index (χ1) is 12.3. The van der Waals surface area contributed by atoms with Crippen LogP contribution in [0.25, 0.3) is 5.76 Å². The molecule has 0 radical (unpaired) electrons. The lowest BCUT2D eigenvalue weighted by molar-refractivity contribution is 0.487. The lowest BCUT2D eigenvalue weighted by Crippen LogP contribution is -2.12. The highest BCUT2D eigenvalue weighted by Gasteiger charge is 2.26. The second kappa shape index (κ2) is 6.71. The van der Waals surface area contributed by atoms with Crippen molar-refractivity contribution in [2.24, 2.45) is 0 Å². The molecule has 0 aliphatic carbocycles. The van der Waals surface area contributed by atoms with Crippen molar-refractivity contribution in [1.82, 2.24) is 0 Å². The summed E-state index contributed by atoms with van der Waals surface area (Å²) in [5, 5.41) is 0. The summed E-state index contributed by atoms with van der Waals surface area (Å²) >= 11 is 0. The van der Waals surface area contributed by atoms with Crippen molar-refractivity contribution in [3.05, 3.63) is 107 Å². The number of hydrogen-bond donors (Lipinski definition) is 0. The Labute approximate surface area is 148 Å². The average molecular weight is 322 g/mol. The molecule has 0 N–H and O–H groups in total. The van der Waals surface area contributed by atoms with Gasteiger partial charge in [0.2, 0.25) is 0 Å². The molecule has 1 aliphatic rings. The first-order valence-electron chi connectivity index (χ1n) is 8.42. The molecule has 0 spiro atoms. The van der Waals surface area contributed by atoms with Crippen LogP contribution in [0.2, 0.25) is 0 Å². The third-order valence-electron chi connectivity index (χ3n) is 4.40. The molecule has 25 heavy (non-hydrogen) atoms. The zero-order valence-electron chi connectivity index (χ0n) is 14.1. The van der Waals surface area contributed by atoms with E-state index >= 15 is 0 Å². The second-order valence-electron chi connectivity index (χ2n) is 6.09. The number of benzene rings is 3. The predicted molar refractivity (Wildman–Crippen MR) is 102 cm³/mol. The summed E-state index contributed by atoms with van der Waals surface area (Å²) in [5.41, 5.74) is 4.39. The van der Waals surface area contributed by atoms with Crippen LogP contribution in [0.5, 0.6) is 5.75 Å². The van der Waals surface area contributed by atoms with E-state index in [4.69, 9.17) is 4.74 Å². The molecule has 1 atom stereocenters. The molecule has 4 rings (SSSR count). The van der Waals surface area contributed by atoms with Gasteiger partial charge in [0.1, 0.15) is 11.5 Å². The molecule has 3 aromatic rings. The summed E-state index contributed by atoms with van der Waals surface area (Å²) in [6.07, 6.45) is 0. The van der Waals surface area contributed by atoms with Crippen molar-refractivity contribution >= 4 is 5.76 Å². The van der Waals surface area contributed by atoms with E-state index in [1.807, 2.05) is 66.7 Å². The molecule has 0 aromatic heterocycles. The molecular weight excluding hydrogens is 304 g/mol. The molecule has 0 saturated carbocycles. The molecule has 120 valence electrons. The van der Waals surface area contributed by atoms with Crippen LogP contribution in [-0.2, 0) is 0 Å². The Morgan fingerprint density at radius 2 is 1.40 bits per heavy atom. The largest absolute Gasteiger partial charge is 0.456 e. The number of rotatable bonds is 1. The van der Waals surface area contributed by atoms with Crippen molar-refractivity contribution in [3.63, 3.8) is 0 Å². The molecular formula is C24H18O. The molecule has 0 amide bonds. The van der Waals surface area contributed by atoms with Gasteiger partial charge in [-0.1, -0.05) is 78.6 Å². The summed E-state index contributed by atoms with van der Waals surface area (Å²) < 4.78 is 6.22. The second-order valence-corrected chi connectivity index (χ2v) is 6.09. The first kappa shape index (κ1) is 15.3. The van der Waals surface area contributed by atoms with Gasteiger partial charge in [0.05, 0.1) is 5.92 Å². The highest BCUT2D eigenvalue weighted by atomic mass is 16.5. The SMILES string of the molecule is CC1=C(c2ccccc2)Oc2ccccc2[C@H]1C#Cc1ccccc1. The molecule has 0 unspecified atom stereocenters. The smallest absolute Gasteiger partial charge is 0.135 e. The van der Waals surface area contributed by atoms with Crippen LogP contribution in [0.3, 0.4) is 0 Å². The van der Waals surface area contributed by atoms with Crippen LogP contribution in [0.4, 0.5) is 0 Å². The molecule has 1 heterocycles. The normalized spacial score (nSPS) is 15.6. The van der Waals surface area contributed by atoms with E-state index < -0.39 is 0 Å².